The van der Waals surface area contributed by atoms with Crippen LogP contribution in [0.3, 0.4) is 0 Å². The molecule has 0 amide bonds. The zero-order valence-electron chi connectivity index (χ0n) is 24.9. The van der Waals surface area contributed by atoms with Gasteiger partial charge in [0.2, 0.25) is 0 Å². The Labute approximate surface area is 257 Å². The molecule has 5 rings (SSSR count). The Kier molecular flexibility index (Phi) is 10.2. The van der Waals surface area contributed by atoms with Crippen LogP contribution in [0, 0.1) is 57.7 Å². The highest BCUT2D eigenvalue weighted by Crippen LogP contribution is 2.73. The van der Waals surface area contributed by atoms with Gasteiger partial charge in [-0.25, -0.2) is 14.7 Å². The minimum atomic E-state index is -4.71. The van der Waals surface area contributed by atoms with Crippen molar-refractivity contribution in [3.05, 3.63) is 0 Å². The highest BCUT2D eigenvalue weighted by molar-refractivity contribution is 7.90. The second kappa shape index (κ2) is 12.8. The van der Waals surface area contributed by atoms with Crippen LogP contribution in [0.4, 0.5) is 0 Å². The molecule has 5 fully saturated rings. The Morgan fingerprint density at radius 3 is 1.95 bits per heavy atom. The van der Waals surface area contributed by atoms with Gasteiger partial charge in [-0.05, 0) is 115 Å². The summed E-state index contributed by atoms with van der Waals surface area (Å²) in [5.41, 5.74) is 0.0724. The van der Waals surface area contributed by atoms with Crippen LogP contribution in [0.2, 0.25) is 0 Å². The number of hydrogen-bond acceptors (Lipinski definition) is 13. The first-order valence-electron chi connectivity index (χ1n) is 15.0. The lowest BCUT2D eigenvalue weighted by Gasteiger charge is -2.65. The lowest BCUT2D eigenvalue weighted by atomic mass is 9.41. The van der Waals surface area contributed by atoms with E-state index >= 15 is 0 Å². The van der Waals surface area contributed by atoms with Crippen molar-refractivity contribution in [1.29, 1.82) is 0 Å². The summed E-state index contributed by atoms with van der Waals surface area (Å²) >= 11 is 0.871. The highest BCUT2D eigenvalue weighted by atomic mass is 32.3. The summed E-state index contributed by atoms with van der Waals surface area (Å²) in [6, 6.07) is 0. The third-order valence-electron chi connectivity index (χ3n) is 12.8. The molecule has 15 heteroatoms. The van der Waals surface area contributed by atoms with Gasteiger partial charge in [-0.2, -0.15) is 8.42 Å². The van der Waals surface area contributed by atoms with Gasteiger partial charge in [0.25, 0.3) is 0 Å². The summed E-state index contributed by atoms with van der Waals surface area (Å²) < 4.78 is 60.0. The van der Waals surface area contributed by atoms with Crippen molar-refractivity contribution < 1.29 is 54.8 Å². The summed E-state index contributed by atoms with van der Waals surface area (Å²) in [4.78, 5) is 0. The molecule has 3 N–H and O–H groups in total. The maximum Gasteiger partial charge on any atom is 0.397 e. The van der Waals surface area contributed by atoms with E-state index in [1.54, 1.807) is 0 Å². The first kappa shape index (κ1) is 33.6. The van der Waals surface area contributed by atoms with E-state index in [0.29, 0.717) is 67.1 Å². The van der Waals surface area contributed by atoms with Gasteiger partial charge in [0.1, 0.15) is 12.2 Å². The van der Waals surface area contributed by atoms with Crippen molar-refractivity contribution in [3.8, 4) is 0 Å². The van der Waals surface area contributed by atoms with Gasteiger partial charge in [0.05, 0.1) is 6.10 Å². The summed E-state index contributed by atoms with van der Waals surface area (Å²) in [6.07, 6.45) is 6.37. The average molecular weight is 659 g/mol. The van der Waals surface area contributed by atoms with Gasteiger partial charge in [0.15, 0.2) is 24.6 Å². The second-order valence-corrected chi connectivity index (χ2v) is 16.5. The molecule has 5 saturated carbocycles. The van der Waals surface area contributed by atoms with Crippen molar-refractivity contribution >= 4 is 35.0 Å². The topological polar surface area (TPSA) is 159 Å². The van der Waals surface area contributed by atoms with Crippen molar-refractivity contribution in [2.75, 3.05) is 0 Å². The maximum absolute atomic E-state index is 12.1. The molecule has 244 valence electrons. The Balaban J connectivity index is 1.45. The highest BCUT2D eigenvalue weighted by Gasteiger charge is 2.67. The van der Waals surface area contributed by atoms with Gasteiger partial charge in [-0.3, -0.25) is 12.9 Å². The summed E-state index contributed by atoms with van der Waals surface area (Å²) in [5, 5.41) is 24.5. The van der Waals surface area contributed by atoms with Crippen LogP contribution in [-0.2, 0) is 41.7 Å². The van der Waals surface area contributed by atoms with Gasteiger partial charge in [0, 0.05) is 0 Å². The predicted molar refractivity (Wildman–Crippen MR) is 153 cm³/mol. The zero-order valence-corrected chi connectivity index (χ0v) is 27.3. The largest absolute Gasteiger partial charge is 0.397 e. The second-order valence-electron chi connectivity index (χ2n) is 14.5. The van der Waals surface area contributed by atoms with E-state index in [-0.39, 0.29) is 23.2 Å². The first-order valence-corrected chi connectivity index (χ1v) is 17.7. The fraction of sp³-hybridized carbons (Fsp3) is 1.00. The van der Waals surface area contributed by atoms with Gasteiger partial charge < -0.3 is 0 Å². The molecule has 0 bridgehead atoms. The number of hydrogen-bond donors (Lipinski definition) is 3. The summed E-state index contributed by atoms with van der Waals surface area (Å²) in [6.45, 7) is 11.9. The van der Waals surface area contributed by atoms with Crippen molar-refractivity contribution in [3.63, 3.8) is 0 Å². The van der Waals surface area contributed by atoms with Crippen LogP contribution in [0.5, 0.6) is 0 Å². The Bertz CT molecular complexity index is 1050. The average Bonchev–Trinajstić information content (AvgIpc) is 3.25. The van der Waals surface area contributed by atoms with E-state index in [2.05, 4.69) is 53.4 Å². The van der Waals surface area contributed by atoms with Gasteiger partial charge in [-0.1, -0.05) is 44.7 Å². The molecule has 0 aliphatic heterocycles. The third kappa shape index (κ3) is 6.05. The Hall–Kier alpha value is 0.250. The third-order valence-corrected chi connectivity index (χ3v) is 14.1. The van der Waals surface area contributed by atoms with E-state index in [9.17, 15) is 13.0 Å². The van der Waals surface area contributed by atoms with E-state index < -0.39 is 34.1 Å². The molecule has 42 heavy (non-hydrogen) atoms. The molecule has 12 nitrogen and oxygen atoms in total. The molecular formula is C27H46O12S3. The number of fused-ring (bicyclic) bond motifs is 5. The molecule has 0 spiro atoms. The molecule has 0 heterocycles. The van der Waals surface area contributed by atoms with E-state index in [4.69, 9.17) is 23.1 Å². The van der Waals surface area contributed by atoms with Crippen LogP contribution in [0.15, 0.2) is 0 Å². The fourth-order valence-electron chi connectivity index (χ4n) is 11.3. The van der Waals surface area contributed by atoms with E-state index in [1.807, 2.05) is 0 Å². The van der Waals surface area contributed by atoms with E-state index in [0.717, 1.165) is 25.2 Å². The van der Waals surface area contributed by atoms with Gasteiger partial charge >= 0.3 is 10.4 Å². The fourth-order valence-corrected chi connectivity index (χ4v) is 12.5. The lowest BCUT2D eigenvalue weighted by molar-refractivity contribution is -0.435. The predicted octanol–water partition coefficient (Wildman–Crippen LogP) is 6.86. The molecular weight excluding hydrogens is 612 g/mol. The quantitative estimate of drug-likeness (QED) is 0.0655. The van der Waals surface area contributed by atoms with E-state index in [1.165, 1.54) is 19.3 Å². The molecule has 0 radical (unpaired) electrons. The van der Waals surface area contributed by atoms with Crippen LogP contribution in [0.1, 0.15) is 92.4 Å². The van der Waals surface area contributed by atoms with Crippen LogP contribution < -0.4 is 0 Å². The zero-order chi connectivity index (χ0) is 30.5. The molecule has 0 aromatic heterocycles. The van der Waals surface area contributed by atoms with Gasteiger partial charge in [-0.15, -0.1) is 8.67 Å². The molecule has 5 aliphatic rings. The van der Waals surface area contributed by atoms with Crippen molar-refractivity contribution in [2.24, 2.45) is 57.7 Å². The molecule has 0 aromatic rings. The first-order chi connectivity index (χ1) is 19.8. The normalized spacial score (nSPS) is 47.0. The van der Waals surface area contributed by atoms with Crippen LogP contribution in [-0.4, -0.2) is 41.8 Å². The molecule has 8 unspecified atom stereocenters. The minimum absolute atomic E-state index is 0.159. The molecule has 5 aliphatic carbocycles. The van der Waals surface area contributed by atoms with Crippen molar-refractivity contribution in [1.82, 2.24) is 0 Å². The smallest absolute Gasteiger partial charge is 0.283 e. The van der Waals surface area contributed by atoms with Crippen LogP contribution >= 0.6 is 24.6 Å². The minimum Gasteiger partial charge on any atom is -0.283 e. The molecule has 0 aromatic carbocycles. The Morgan fingerprint density at radius 1 is 0.762 bits per heavy atom. The SMILES string of the molecule is CC(C)C1CCC1(C)C1CCC2[C@@H]3CC(OS(=O)(=O)O)C4CC(OSOOO)[C@@H](OSOOO)C[C@]4(C)C3CC[C@@]21C. The monoisotopic (exact) mass is 658 g/mol. The number of rotatable bonds is 12. The van der Waals surface area contributed by atoms with Crippen molar-refractivity contribution in [2.45, 2.75) is 111 Å². The summed E-state index contributed by atoms with van der Waals surface area (Å²) in [5.74, 6) is 2.67. The lowest BCUT2D eigenvalue weighted by Crippen LogP contribution is -2.62. The molecule has 0 saturated heterocycles. The standard InChI is InChI=1S/C27H46O12S3/c1-15(2)17-8-10-25(17,3)24-7-6-18-16-12-21(35-42(30,31)32)20-13-22(33-40-38-36-28)23(34-41-39-37-29)14-27(20,5)19(16)9-11-26(18,24)4/h15-24,28-29H,6-14H2,1-5H3,(H,30,31,32)/t16-,17?,18?,19?,20?,21?,22?,23-,24?,25?,26-,27+/m0/s1. The summed E-state index contributed by atoms with van der Waals surface area (Å²) in [7, 11) is -4.71. The van der Waals surface area contributed by atoms with Crippen LogP contribution in [0.25, 0.3) is 0 Å². The maximum atomic E-state index is 12.1. The molecule has 12 atom stereocenters. The Morgan fingerprint density at radius 2 is 1.38 bits per heavy atom.